The maximum Gasteiger partial charge on any atom is 0.282 e. The van der Waals surface area contributed by atoms with Crippen LogP contribution in [-0.2, 0) is 49.7 Å². The van der Waals surface area contributed by atoms with Crippen LogP contribution in [0.3, 0.4) is 0 Å². The summed E-state index contributed by atoms with van der Waals surface area (Å²) in [5.74, 6) is 1.43. The normalized spacial score (nSPS) is 19.8. The van der Waals surface area contributed by atoms with Gasteiger partial charge in [0.25, 0.3) is 6.43 Å². The third kappa shape index (κ3) is 15.7. The molecular weight excluding hydrogens is 1040 g/mol. The molecule has 3 aliphatic carbocycles. The van der Waals surface area contributed by atoms with Gasteiger partial charge in [0.2, 0.25) is 23.6 Å². The van der Waals surface area contributed by atoms with Crippen LogP contribution in [-0.4, -0.2) is 126 Å². The van der Waals surface area contributed by atoms with Crippen LogP contribution >= 0.6 is 0 Å². The highest BCUT2D eigenvalue weighted by atomic mass is 19.3. The second-order valence-corrected chi connectivity index (χ2v) is 23.3. The summed E-state index contributed by atoms with van der Waals surface area (Å²) in [7, 11) is 1.69. The molecule has 2 aromatic carbocycles. The van der Waals surface area contributed by atoms with Gasteiger partial charge in [-0.25, -0.2) is 18.7 Å². The van der Waals surface area contributed by atoms with E-state index in [0.29, 0.717) is 75.0 Å². The molecule has 2 saturated carbocycles. The molecule has 0 radical (unpaired) electrons. The highest BCUT2D eigenvalue weighted by Crippen LogP contribution is 2.36. The van der Waals surface area contributed by atoms with Gasteiger partial charge in [-0.1, -0.05) is 51.1 Å². The van der Waals surface area contributed by atoms with Gasteiger partial charge in [-0.05, 0) is 142 Å². The number of aryl methyl sites for hydroxylation is 1. The van der Waals surface area contributed by atoms with Gasteiger partial charge in [0.05, 0.1) is 44.6 Å². The lowest BCUT2D eigenvalue weighted by Crippen LogP contribution is -2.62. The highest BCUT2D eigenvalue weighted by molar-refractivity contribution is 5.96. The first kappa shape index (κ1) is 59.0. The number of carbonyl (C=O) groups is 4. The number of halogens is 2. The number of amides is 3. The van der Waals surface area contributed by atoms with Crippen LogP contribution in [0, 0.1) is 17.3 Å². The van der Waals surface area contributed by atoms with Crippen molar-refractivity contribution in [3.8, 4) is 17.2 Å². The number of anilines is 1. The van der Waals surface area contributed by atoms with E-state index in [1.807, 2.05) is 57.2 Å². The number of benzene rings is 2. The topological polar surface area (TPSA) is 216 Å². The van der Waals surface area contributed by atoms with Gasteiger partial charge < -0.3 is 50.1 Å². The van der Waals surface area contributed by atoms with Crippen molar-refractivity contribution >= 4 is 29.3 Å². The molecule has 20 heteroatoms. The third-order valence-corrected chi connectivity index (χ3v) is 16.2. The van der Waals surface area contributed by atoms with E-state index in [9.17, 15) is 28.0 Å². The molecule has 81 heavy (non-hydrogen) atoms. The zero-order chi connectivity index (χ0) is 57.0. The molecule has 0 saturated heterocycles. The lowest BCUT2D eigenvalue weighted by atomic mass is 9.83. The summed E-state index contributed by atoms with van der Waals surface area (Å²) in [6.07, 6.45) is 10.3. The number of Topliss-reactive ketones (excluding diaryl/α,β-unsaturated/α-hetero) is 1. The standard InChI is InChI=1S/C61H80F2N10O8/c1-38(64-5)57(75)70-55(61(2,3)4)60(77)72-35-44-29-47(20-17-42(44)30-51(72)58(76)68-49-12-8-10-41-9-6-7-11-48(41)49)80-28-27-79-26-25-78-24-23-65-33-39-15-18-46(19-16-39)73-36-45(54(71-73)56(62)63)31-52(74)50-37-81-59(69-50)43-21-22-66-53(32-43)67-34-40-13-14-40/h6-7,9,11,17,20-22,29,32,36-40,46,49,51,55-56,64-65H,8,10,12-16,18-19,23-28,30-31,33-35H2,1-5H3,(H,66,67)(H,68,76)(H,70,75)/t38-,39-,46-,49+,51-,55+/m0/s1. The minimum absolute atomic E-state index is 0.0351. The number of hydrogen-bond donors (Lipinski definition) is 5. The number of hydrogen-bond acceptors (Lipinski definition) is 14. The number of fused-ring (bicyclic) bond motifs is 2. The maximum absolute atomic E-state index is 14.7. The Labute approximate surface area is 473 Å². The smallest absolute Gasteiger partial charge is 0.282 e. The number of ketones is 1. The number of carbonyl (C=O) groups excluding carboxylic acids is 4. The van der Waals surface area contributed by atoms with Crippen LogP contribution in [0.4, 0.5) is 14.6 Å². The van der Waals surface area contributed by atoms with E-state index in [1.54, 1.807) is 42.0 Å². The van der Waals surface area contributed by atoms with Gasteiger partial charge in [0, 0.05) is 56.0 Å². The first-order valence-corrected chi connectivity index (χ1v) is 28.9. The largest absolute Gasteiger partial charge is 0.491 e. The van der Waals surface area contributed by atoms with Crippen LogP contribution < -0.4 is 31.3 Å². The molecule has 4 heterocycles. The lowest BCUT2D eigenvalue weighted by molar-refractivity contribution is -0.147. The number of nitrogens with one attached hydrogen (secondary N) is 5. The van der Waals surface area contributed by atoms with E-state index >= 15 is 0 Å². The SMILES string of the molecule is CN[C@@H](C)C(=O)N[C@H](C(=O)N1Cc2cc(OCCOCCOCCNC[C@H]3CC[C@H](n4cc(CC(=O)c5coc(-c6ccnc(NCC7CC7)c6)n5)c(C(F)F)n4)CC3)ccc2C[C@H]1C(=O)N[C@@H]1CCCc2ccccc21)C(C)(C)C. The molecule has 2 fully saturated rings. The molecule has 9 rings (SSSR count). The molecular formula is C61H80F2N10O8. The van der Waals surface area contributed by atoms with Crippen molar-refractivity contribution < 1.29 is 46.6 Å². The van der Waals surface area contributed by atoms with E-state index in [4.69, 9.17) is 18.6 Å². The van der Waals surface area contributed by atoms with Crippen LogP contribution in [0.2, 0.25) is 0 Å². The molecule has 3 amide bonds. The number of alkyl halides is 2. The Morgan fingerprint density at radius 3 is 2.38 bits per heavy atom. The molecule has 1 aliphatic heterocycles. The fraction of sp³-hybridized carbons (Fsp3) is 0.557. The summed E-state index contributed by atoms with van der Waals surface area (Å²) in [5, 5.41) is 20.3. The Morgan fingerprint density at radius 1 is 0.864 bits per heavy atom. The molecule has 0 spiro atoms. The van der Waals surface area contributed by atoms with Crippen molar-refractivity contribution in [2.75, 3.05) is 65.0 Å². The number of pyridine rings is 1. The summed E-state index contributed by atoms with van der Waals surface area (Å²) in [5.41, 5.74) is 4.08. The van der Waals surface area contributed by atoms with Crippen molar-refractivity contribution in [3.05, 3.63) is 112 Å². The van der Waals surface area contributed by atoms with E-state index < -0.39 is 35.7 Å². The number of aromatic nitrogens is 4. The van der Waals surface area contributed by atoms with Crippen LogP contribution in [0.15, 0.2) is 77.7 Å². The summed E-state index contributed by atoms with van der Waals surface area (Å²) >= 11 is 0. The average molecular weight is 1120 g/mol. The summed E-state index contributed by atoms with van der Waals surface area (Å²) in [6, 6.07) is 15.2. The van der Waals surface area contributed by atoms with Crippen LogP contribution in [0.1, 0.15) is 142 Å². The van der Waals surface area contributed by atoms with Crippen molar-refractivity contribution in [2.24, 2.45) is 17.3 Å². The fourth-order valence-corrected chi connectivity index (χ4v) is 11.1. The summed E-state index contributed by atoms with van der Waals surface area (Å²) < 4.78 is 53.5. The number of ether oxygens (including phenoxy) is 3. The van der Waals surface area contributed by atoms with E-state index in [1.165, 1.54) is 24.7 Å². The second-order valence-electron chi connectivity index (χ2n) is 23.3. The third-order valence-electron chi connectivity index (χ3n) is 16.2. The first-order valence-electron chi connectivity index (χ1n) is 28.9. The van der Waals surface area contributed by atoms with Gasteiger partial charge in [-0.2, -0.15) is 5.10 Å². The number of rotatable bonds is 27. The van der Waals surface area contributed by atoms with Crippen molar-refractivity contribution in [1.29, 1.82) is 0 Å². The summed E-state index contributed by atoms with van der Waals surface area (Å²) in [6.45, 7) is 12.0. The molecule has 4 atom stereocenters. The number of nitrogens with zero attached hydrogens (tertiary/aromatic N) is 5. The van der Waals surface area contributed by atoms with Crippen molar-refractivity contribution in [3.63, 3.8) is 0 Å². The molecule has 3 aromatic heterocycles. The second kappa shape index (κ2) is 27.4. The van der Waals surface area contributed by atoms with E-state index in [-0.39, 0.29) is 65.6 Å². The minimum Gasteiger partial charge on any atom is -0.491 e. The van der Waals surface area contributed by atoms with Crippen molar-refractivity contribution in [2.45, 2.75) is 142 Å². The Hall–Kier alpha value is -6.61. The maximum atomic E-state index is 14.7. The van der Waals surface area contributed by atoms with E-state index in [2.05, 4.69) is 53.8 Å². The fourth-order valence-electron chi connectivity index (χ4n) is 11.1. The quantitative estimate of drug-likeness (QED) is 0.0248. The molecule has 0 unspecified atom stereocenters. The van der Waals surface area contributed by atoms with Gasteiger partial charge in [0.1, 0.15) is 47.9 Å². The van der Waals surface area contributed by atoms with Crippen LogP contribution in [0.5, 0.6) is 5.75 Å². The number of oxazole rings is 1. The predicted octanol–water partition coefficient (Wildman–Crippen LogP) is 8.14. The zero-order valence-corrected chi connectivity index (χ0v) is 47.4. The van der Waals surface area contributed by atoms with Crippen LogP contribution in [0.25, 0.3) is 11.5 Å². The van der Waals surface area contributed by atoms with Crippen molar-refractivity contribution in [1.82, 2.24) is 45.9 Å². The predicted molar refractivity (Wildman–Crippen MR) is 302 cm³/mol. The van der Waals surface area contributed by atoms with Gasteiger partial charge in [-0.15, -0.1) is 0 Å². The molecule has 0 bridgehead atoms. The average Bonchev–Trinajstić information content (AvgIpc) is 4.08. The zero-order valence-electron chi connectivity index (χ0n) is 47.4. The highest BCUT2D eigenvalue weighted by Gasteiger charge is 2.43. The monoisotopic (exact) mass is 1120 g/mol. The first-order chi connectivity index (χ1) is 39.1. The molecule has 436 valence electrons. The molecule has 5 aromatic rings. The Kier molecular flexibility index (Phi) is 20.0. The summed E-state index contributed by atoms with van der Waals surface area (Å²) in [4.78, 5) is 66.0. The molecule has 5 N–H and O–H groups in total. The molecule has 18 nitrogen and oxygen atoms in total. The minimum atomic E-state index is -2.82. The lowest BCUT2D eigenvalue weighted by Gasteiger charge is -2.41. The van der Waals surface area contributed by atoms with Gasteiger partial charge >= 0.3 is 0 Å². The van der Waals surface area contributed by atoms with Gasteiger partial charge in [0.15, 0.2) is 5.78 Å². The van der Waals surface area contributed by atoms with E-state index in [0.717, 1.165) is 74.7 Å². The number of likely N-dealkylation sites (N-methyl/N-ethyl adjacent to an activating group) is 1. The Balaban J connectivity index is 0.677. The molecule has 4 aliphatic rings. The van der Waals surface area contributed by atoms with Gasteiger partial charge in [-0.3, -0.25) is 23.9 Å². The Morgan fingerprint density at radius 2 is 1.62 bits per heavy atom. The Bertz CT molecular complexity index is 2930.